The molecule has 0 saturated carbocycles. The average Bonchev–Trinajstić information content (AvgIpc) is 1.68. The Kier molecular flexibility index (Phi) is 4.12. The SMILES string of the molecule is CCC(F)C#CBr. The average molecular weight is 165 g/mol. The minimum atomic E-state index is -0.959. The van der Waals surface area contributed by atoms with Crippen LogP contribution in [0.4, 0.5) is 4.39 Å². The third-order valence-electron chi connectivity index (χ3n) is 0.570. The summed E-state index contributed by atoms with van der Waals surface area (Å²) in [6.45, 7) is 1.75. The third-order valence-corrected chi connectivity index (χ3v) is 0.799. The third kappa shape index (κ3) is 3.81. The predicted octanol–water partition coefficient (Wildman–Crippen LogP) is 2.09. The topological polar surface area (TPSA) is 0 Å². The van der Waals surface area contributed by atoms with Crippen LogP contribution in [0.3, 0.4) is 0 Å². The first kappa shape index (κ1) is 6.97. The van der Waals surface area contributed by atoms with Crippen molar-refractivity contribution >= 4 is 15.9 Å². The maximum absolute atomic E-state index is 11.9. The van der Waals surface area contributed by atoms with Gasteiger partial charge in [0, 0.05) is 15.9 Å². The maximum Gasteiger partial charge on any atom is 0.161 e. The molecule has 0 aliphatic rings. The molecule has 0 aromatic heterocycles. The molecule has 0 spiro atoms. The van der Waals surface area contributed by atoms with Gasteiger partial charge in [-0.05, 0) is 11.3 Å². The molecule has 2 heteroatoms. The van der Waals surface area contributed by atoms with Crippen molar-refractivity contribution < 1.29 is 4.39 Å². The second-order valence-electron chi connectivity index (χ2n) is 1.11. The lowest BCUT2D eigenvalue weighted by Gasteiger charge is -1.86. The highest BCUT2D eigenvalue weighted by molar-refractivity contribution is 9.12. The fraction of sp³-hybridized carbons (Fsp3) is 0.600. The van der Waals surface area contributed by atoms with E-state index in [0.717, 1.165) is 0 Å². The minimum Gasteiger partial charge on any atom is -0.233 e. The first-order valence-electron chi connectivity index (χ1n) is 2.06. The van der Waals surface area contributed by atoms with E-state index in [0.29, 0.717) is 6.42 Å². The van der Waals surface area contributed by atoms with Gasteiger partial charge in [0.15, 0.2) is 6.17 Å². The Balaban J connectivity index is 3.29. The van der Waals surface area contributed by atoms with Gasteiger partial charge in [0.2, 0.25) is 0 Å². The van der Waals surface area contributed by atoms with Crippen molar-refractivity contribution in [2.45, 2.75) is 19.5 Å². The van der Waals surface area contributed by atoms with Crippen molar-refractivity contribution in [1.82, 2.24) is 0 Å². The van der Waals surface area contributed by atoms with Crippen LogP contribution in [0.1, 0.15) is 13.3 Å². The van der Waals surface area contributed by atoms with Crippen molar-refractivity contribution in [3.05, 3.63) is 0 Å². The Morgan fingerprint density at radius 2 is 2.43 bits per heavy atom. The van der Waals surface area contributed by atoms with Gasteiger partial charge >= 0.3 is 0 Å². The van der Waals surface area contributed by atoms with Crippen LogP contribution in [0.2, 0.25) is 0 Å². The fourth-order valence-corrected chi connectivity index (χ4v) is 0.410. The van der Waals surface area contributed by atoms with Gasteiger partial charge in [-0.3, -0.25) is 0 Å². The van der Waals surface area contributed by atoms with Crippen molar-refractivity contribution in [1.29, 1.82) is 0 Å². The summed E-state index contributed by atoms with van der Waals surface area (Å²) in [5.74, 6) is 2.30. The Labute approximate surface area is 51.2 Å². The van der Waals surface area contributed by atoms with Crippen molar-refractivity contribution in [2.24, 2.45) is 0 Å². The number of halogens is 2. The molecule has 1 atom stereocenters. The number of alkyl halides is 1. The van der Waals surface area contributed by atoms with Crippen LogP contribution < -0.4 is 0 Å². The van der Waals surface area contributed by atoms with Crippen LogP contribution in [0.5, 0.6) is 0 Å². The summed E-state index contributed by atoms with van der Waals surface area (Å²) in [6.07, 6.45) is -0.488. The van der Waals surface area contributed by atoms with Gasteiger partial charge in [-0.15, -0.1) is 0 Å². The van der Waals surface area contributed by atoms with Crippen LogP contribution in [-0.2, 0) is 0 Å². The lowest BCUT2D eigenvalue weighted by atomic mass is 10.3. The zero-order valence-corrected chi connectivity index (χ0v) is 5.63. The molecule has 0 fully saturated rings. The monoisotopic (exact) mass is 164 g/mol. The van der Waals surface area contributed by atoms with Crippen LogP contribution in [0.25, 0.3) is 0 Å². The second-order valence-corrected chi connectivity index (χ2v) is 1.51. The van der Waals surface area contributed by atoms with Crippen molar-refractivity contribution in [3.63, 3.8) is 0 Å². The van der Waals surface area contributed by atoms with Crippen LogP contribution >= 0.6 is 15.9 Å². The van der Waals surface area contributed by atoms with Gasteiger partial charge in [-0.2, -0.15) is 0 Å². The molecule has 0 N–H and O–H groups in total. The standard InChI is InChI=1S/C5H6BrF/c1-2-5(7)3-4-6/h5H,2H2,1H3. The normalized spacial score (nSPS) is 11.9. The molecule has 0 aliphatic heterocycles. The molecule has 1 unspecified atom stereocenters. The summed E-state index contributed by atoms with van der Waals surface area (Å²) in [5, 5.41) is 0. The van der Waals surface area contributed by atoms with Crippen LogP contribution in [-0.4, -0.2) is 6.17 Å². The van der Waals surface area contributed by atoms with E-state index in [-0.39, 0.29) is 0 Å². The van der Waals surface area contributed by atoms with Gasteiger partial charge in [0.1, 0.15) is 0 Å². The summed E-state index contributed by atoms with van der Waals surface area (Å²) < 4.78 is 11.9. The molecule has 0 aromatic carbocycles. The Morgan fingerprint density at radius 1 is 1.86 bits per heavy atom. The molecule has 0 saturated heterocycles. The first-order valence-corrected chi connectivity index (χ1v) is 2.85. The van der Waals surface area contributed by atoms with Crippen LogP contribution in [0, 0.1) is 10.8 Å². The van der Waals surface area contributed by atoms with E-state index in [1.54, 1.807) is 6.92 Å². The van der Waals surface area contributed by atoms with E-state index in [2.05, 4.69) is 26.7 Å². The Bertz CT molecular complexity index is 90.0. The highest BCUT2D eigenvalue weighted by atomic mass is 79.9. The summed E-state index contributed by atoms with van der Waals surface area (Å²) in [4.78, 5) is 2.31. The van der Waals surface area contributed by atoms with Gasteiger partial charge < -0.3 is 0 Å². The lowest BCUT2D eigenvalue weighted by Crippen LogP contribution is -1.89. The number of hydrogen-bond acceptors (Lipinski definition) is 0. The molecule has 0 radical (unpaired) electrons. The summed E-state index contributed by atoms with van der Waals surface area (Å²) in [7, 11) is 0. The van der Waals surface area contributed by atoms with E-state index in [9.17, 15) is 4.39 Å². The van der Waals surface area contributed by atoms with E-state index in [1.165, 1.54) is 0 Å². The molecule has 7 heavy (non-hydrogen) atoms. The molecule has 0 rings (SSSR count). The molecule has 0 bridgehead atoms. The highest BCUT2D eigenvalue weighted by Crippen LogP contribution is 1.92. The van der Waals surface area contributed by atoms with Crippen LogP contribution in [0.15, 0.2) is 0 Å². The quantitative estimate of drug-likeness (QED) is 0.522. The van der Waals surface area contributed by atoms with Gasteiger partial charge in [-0.25, -0.2) is 4.39 Å². The van der Waals surface area contributed by atoms with Gasteiger partial charge in [0.05, 0.1) is 0 Å². The molecule has 0 heterocycles. The molecular formula is C5H6BrF. The lowest BCUT2D eigenvalue weighted by molar-refractivity contribution is 0.403. The largest absolute Gasteiger partial charge is 0.233 e. The molecular weight excluding hydrogens is 159 g/mol. The van der Waals surface area contributed by atoms with Crippen molar-refractivity contribution in [3.8, 4) is 10.8 Å². The highest BCUT2D eigenvalue weighted by Gasteiger charge is 1.91. The van der Waals surface area contributed by atoms with Gasteiger partial charge in [0.25, 0.3) is 0 Å². The fourth-order valence-electron chi connectivity index (χ4n) is 0.161. The minimum absolute atomic E-state index is 0.471. The first-order chi connectivity index (χ1) is 3.31. The smallest absolute Gasteiger partial charge is 0.161 e. The molecule has 0 amide bonds. The van der Waals surface area contributed by atoms with Gasteiger partial charge in [-0.1, -0.05) is 12.8 Å². The number of hydrogen-bond donors (Lipinski definition) is 0. The van der Waals surface area contributed by atoms with E-state index >= 15 is 0 Å². The zero-order chi connectivity index (χ0) is 5.70. The summed E-state index contributed by atoms with van der Waals surface area (Å²) >= 11 is 2.79. The van der Waals surface area contributed by atoms with E-state index in [1.807, 2.05) is 0 Å². The Morgan fingerprint density at radius 3 is 2.57 bits per heavy atom. The van der Waals surface area contributed by atoms with E-state index < -0.39 is 6.17 Å². The molecule has 0 aromatic rings. The second kappa shape index (κ2) is 4.14. The van der Waals surface area contributed by atoms with Crippen molar-refractivity contribution in [2.75, 3.05) is 0 Å². The molecule has 0 nitrogen and oxygen atoms in total. The Hall–Kier alpha value is -0.0300. The molecule has 0 aliphatic carbocycles. The zero-order valence-electron chi connectivity index (χ0n) is 4.04. The molecule has 40 valence electrons. The number of rotatable bonds is 1. The summed E-state index contributed by atoms with van der Waals surface area (Å²) in [5.41, 5.74) is 0. The summed E-state index contributed by atoms with van der Waals surface area (Å²) in [6, 6.07) is 0. The predicted molar refractivity (Wildman–Crippen MR) is 31.9 cm³/mol. The van der Waals surface area contributed by atoms with E-state index in [4.69, 9.17) is 0 Å². The maximum atomic E-state index is 11.9.